The molecule has 0 aromatic heterocycles. The van der Waals surface area contributed by atoms with Gasteiger partial charge in [0.2, 0.25) is 0 Å². The van der Waals surface area contributed by atoms with Crippen LogP contribution < -0.4 is 0 Å². The van der Waals surface area contributed by atoms with Gasteiger partial charge < -0.3 is 9.47 Å². The molecule has 26 heavy (non-hydrogen) atoms. The fourth-order valence-corrected chi connectivity index (χ4v) is 4.34. The fourth-order valence-electron chi connectivity index (χ4n) is 3.24. The number of hydrogen-bond donors (Lipinski definition) is 0. The van der Waals surface area contributed by atoms with Gasteiger partial charge in [-0.1, -0.05) is 51.9 Å². The number of rotatable bonds is 11. The molecule has 1 aliphatic rings. The molecule has 4 nitrogen and oxygen atoms in total. The van der Waals surface area contributed by atoms with Gasteiger partial charge in [-0.05, 0) is 46.8 Å². The van der Waals surface area contributed by atoms with Gasteiger partial charge in [0.15, 0.2) is 0 Å². The number of nitrogens with zero attached hydrogens (tertiary/aromatic N) is 1. The van der Waals surface area contributed by atoms with Crippen molar-refractivity contribution in [3.8, 4) is 0 Å². The molecule has 1 fully saturated rings. The minimum absolute atomic E-state index is 0.0962. The molecule has 1 amide bonds. The van der Waals surface area contributed by atoms with Gasteiger partial charge in [0.1, 0.15) is 11.3 Å². The molecule has 5 heteroatoms. The van der Waals surface area contributed by atoms with Gasteiger partial charge >= 0.3 is 6.09 Å². The van der Waals surface area contributed by atoms with Gasteiger partial charge in [-0.2, -0.15) is 11.8 Å². The Morgan fingerprint density at radius 2 is 1.69 bits per heavy atom. The van der Waals surface area contributed by atoms with Crippen LogP contribution in [0, 0.1) is 0 Å². The maximum Gasteiger partial charge on any atom is 0.412 e. The lowest BCUT2D eigenvalue weighted by Crippen LogP contribution is -2.50. The van der Waals surface area contributed by atoms with Gasteiger partial charge in [-0.3, -0.25) is 4.90 Å². The molecule has 0 N–H and O–H groups in total. The van der Waals surface area contributed by atoms with Crippen LogP contribution >= 0.6 is 11.8 Å². The van der Waals surface area contributed by atoms with E-state index in [0.29, 0.717) is 6.61 Å². The Morgan fingerprint density at radius 1 is 1.12 bits per heavy atom. The highest BCUT2D eigenvalue weighted by Crippen LogP contribution is 2.31. The van der Waals surface area contributed by atoms with Crippen LogP contribution in [0.25, 0.3) is 0 Å². The van der Waals surface area contributed by atoms with Crippen molar-refractivity contribution >= 4 is 17.9 Å². The zero-order chi connectivity index (χ0) is 19.6. The van der Waals surface area contributed by atoms with Gasteiger partial charge in [0.25, 0.3) is 0 Å². The summed E-state index contributed by atoms with van der Waals surface area (Å²) in [5.41, 5.74) is -1.07. The van der Waals surface area contributed by atoms with Crippen LogP contribution in [-0.2, 0) is 9.47 Å². The Kier molecular flexibility index (Phi) is 10.4. The third-order valence-corrected chi connectivity index (χ3v) is 5.81. The third-order valence-electron chi connectivity index (χ3n) is 4.62. The number of unbranched alkanes of at least 4 members (excludes halogenated alkanes) is 7. The van der Waals surface area contributed by atoms with Gasteiger partial charge in [0.05, 0.1) is 12.6 Å². The lowest BCUT2D eigenvalue weighted by Gasteiger charge is -2.35. The maximum atomic E-state index is 12.6. The van der Waals surface area contributed by atoms with Crippen molar-refractivity contribution in [3.63, 3.8) is 0 Å². The second kappa shape index (κ2) is 11.4. The van der Waals surface area contributed by atoms with Crippen LogP contribution in [0.3, 0.4) is 0 Å². The normalized spacial score (nSPS) is 19.8. The number of ether oxygens (including phenoxy) is 2. The number of carbonyl (C=O) groups excluding carboxylic acids is 1. The van der Waals surface area contributed by atoms with Crippen LogP contribution in [0.5, 0.6) is 0 Å². The van der Waals surface area contributed by atoms with Gasteiger partial charge in [-0.15, -0.1) is 0 Å². The predicted octanol–water partition coefficient (Wildman–Crippen LogP) is 6.23. The third kappa shape index (κ3) is 8.98. The van der Waals surface area contributed by atoms with Crippen molar-refractivity contribution in [3.05, 3.63) is 0 Å². The van der Waals surface area contributed by atoms with E-state index >= 15 is 0 Å². The van der Waals surface area contributed by atoms with E-state index < -0.39 is 11.3 Å². The smallest absolute Gasteiger partial charge is 0.412 e. The molecule has 0 bridgehead atoms. The average molecular weight is 388 g/mol. The zero-order valence-electron chi connectivity index (χ0n) is 17.9. The Morgan fingerprint density at radius 3 is 2.27 bits per heavy atom. The molecule has 0 aromatic carbocycles. The van der Waals surface area contributed by atoms with Crippen molar-refractivity contribution in [2.75, 3.05) is 18.1 Å². The van der Waals surface area contributed by atoms with Crippen molar-refractivity contribution in [1.82, 2.24) is 4.90 Å². The molecule has 1 heterocycles. The highest BCUT2D eigenvalue weighted by Gasteiger charge is 2.45. The second-order valence-electron chi connectivity index (χ2n) is 8.81. The van der Waals surface area contributed by atoms with Crippen molar-refractivity contribution in [2.24, 2.45) is 0 Å². The average Bonchev–Trinajstić information content (AvgIpc) is 2.82. The summed E-state index contributed by atoms with van der Waals surface area (Å²) in [7, 11) is 0. The van der Waals surface area contributed by atoms with E-state index in [0.717, 1.165) is 11.5 Å². The summed E-state index contributed by atoms with van der Waals surface area (Å²) in [5, 5.41) is 0. The van der Waals surface area contributed by atoms with E-state index in [1.54, 1.807) is 4.90 Å². The van der Waals surface area contributed by atoms with E-state index in [-0.39, 0.29) is 12.1 Å². The largest absolute Gasteiger partial charge is 0.444 e. The standard InChI is InChI=1S/C21H41NO3S/c1-7-8-9-10-11-12-13-14-15-26-17-18-16-24-21(5,6)22(18)19(23)25-20(2,3)4/h18H,7-17H2,1-6H3/t18-/m0/s1. The topological polar surface area (TPSA) is 38.8 Å². The van der Waals surface area contributed by atoms with E-state index in [1.165, 1.54) is 51.4 Å². The molecule has 0 unspecified atom stereocenters. The molecule has 0 aliphatic carbocycles. The summed E-state index contributed by atoms with van der Waals surface area (Å²) in [6, 6.07) is 0.0962. The molecule has 1 saturated heterocycles. The lowest BCUT2D eigenvalue weighted by atomic mass is 10.1. The monoisotopic (exact) mass is 387 g/mol. The Balaban J connectivity index is 2.25. The van der Waals surface area contributed by atoms with E-state index in [1.807, 2.05) is 46.4 Å². The number of thioether (sulfide) groups is 1. The van der Waals surface area contributed by atoms with E-state index in [4.69, 9.17) is 9.47 Å². The SMILES string of the molecule is CCCCCCCCCCSC[C@@H]1COC(C)(C)N1C(=O)OC(C)(C)C. The molecule has 154 valence electrons. The fraction of sp³-hybridized carbons (Fsp3) is 0.952. The first-order valence-electron chi connectivity index (χ1n) is 10.4. The van der Waals surface area contributed by atoms with Crippen LogP contribution in [0.4, 0.5) is 4.79 Å². The lowest BCUT2D eigenvalue weighted by molar-refractivity contribution is -0.0617. The van der Waals surface area contributed by atoms with Crippen LogP contribution in [-0.4, -0.2) is 46.5 Å². The summed E-state index contributed by atoms with van der Waals surface area (Å²) in [6.45, 7) is 12.5. The Hall–Kier alpha value is -0.420. The minimum Gasteiger partial charge on any atom is -0.444 e. The Bertz CT molecular complexity index is 407. The molecule has 0 spiro atoms. The first-order chi connectivity index (χ1) is 12.2. The minimum atomic E-state index is -0.591. The van der Waals surface area contributed by atoms with Crippen molar-refractivity contribution < 1.29 is 14.3 Å². The second-order valence-corrected chi connectivity index (χ2v) is 9.96. The molecule has 1 atom stereocenters. The van der Waals surface area contributed by atoms with Gasteiger partial charge in [0, 0.05) is 5.75 Å². The number of carbonyl (C=O) groups is 1. The summed E-state index contributed by atoms with van der Waals surface area (Å²) in [4.78, 5) is 14.4. The summed E-state index contributed by atoms with van der Waals surface area (Å²) < 4.78 is 11.4. The first kappa shape index (κ1) is 23.6. The Labute approximate surface area is 165 Å². The molecule has 1 aliphatic heterocycles. The predicted molar refractivity (Wildman–Crippen MR) is 112 cm³/mol. The zero-order valence-corrected chi connectivity index (χ0v) is 18.8. The molecular formula is C21H41NO3S. The number of hydrogen-bond acceptors (Lipinski definition) is 4. The van der Waals surface area contributed by atoms with Crippen LogP contribution in [0.1, 0.15) is 92.9 Å². The quantitative estimate of drug-likeness (QED) is 0.394. The van der Waals surface area contributed by atoms with Crippen LogP contribution in [0.2, 0.25) is 0 Å². The molecule has 1 rings (SSSR count). The van der Waals surface area contributed by atoms with Crippen molar-refractivity contribution in [2.45, 2.75) is 110 Å². The van der Waals surface area contributed by atoms with Gasteiger partial charge in [-0.25, -0.2) is 4.79 Å². The summed E-state index contributed by atoms with van der Waals surface area (Å²) in [5.74, 6) is 2.08. The number of amides is 1. The highest BCUT2D eigenvalue weighted by atomic mass is 32.2. The van der Waals surface area contributed by atoms with Crippen molar-refractivity contribution in [1.29, 1.82) is 0 Å². The maximum absolute atomic E-state index is 12.6. The summed E-state index contributed by atoms with van der Waals surface area (Å²) >= 11 is 1.93. The van der Waals surface area contributed by atoms with E-state index in [9.17, 15) is 4.79 Å². The first-order valence-corrected chi connectivity index (χ1v) is 11.6. The molecule has 0 aromatic rings. The molecule has 0 radical (unpaired) electrons. The van der Waals surface area contributed by atoms with Crippen LogP contribution in [0.15, 0.2) is 0 Å². The molecule has 0 saturated carbocycles. The summed E-state index contributed by atoms with van der Waals surface area (Å²) in [6.07, 6.45) is 10.5. The molecular weight excluding hydrogens is 346 g/mol. The van der Waals surface area contributed by atoms with E-state index in [2.05, 4.69) is 6.92 Å². The highest BCUT2D eigenvalue weighted by molar-refractivity contribution is 7.99.